The number of rotatable bonds is 3. The molecule has 0 aliphatic carbocycles. The fraction of sp³-hybridized carbons (Fsp3) is 0.846. The molecule has 2 saturated heterocycles. The number of hydrogen-bond acceptors (Lipinski definition) is 3. The third-order valence-corrected chi connectivity index (χ3v) is 4.53. The standard InChI is InChI=1S/C13H22N2O3/c1-3-13(5-4-7-14-13)10(16)15-8-6-12(2,9-15)11(17)18/h14H,3-9H2,1-2H3,(H,17,18). The first-order chi connectivity index (χ1) is 8.43. The summed E-state index contributed by atoms with van der Waals surface area (Å²) in [7, 11) is 0. The van der Waals surface area contributed by atoms with Crippen molar-refractivity contribution in [3.05, 3.63) is 0 Å². The van der Waals surface area contributed by atoms with E-state index >= 15 is 0 Å². The summed E-state index contributed by atoms with van der Waals surface area (Å²) in [5, 5.41) is 12.5. The van der Waals surface area contributed by atoms with Crippen molar-refractivity contribution in [2.75, 3.05) is 19.6 Å². The number of nitrogens with one attached hydrogen (secondary N) is 1. The van der Waals surface area contributed by atoms with Crippen LogP contribution in [0.25, 0.3) is 0 Å². The maximum atomic E-state index is 12.6. The number of carboxylic acids is 1. The van der Waals surface area contributed by atoms with Crippen molar-refractivity contribution in [1.82, 2.24) is 10.2 Å². The topological polar surface area (TPSA) is 69.6 Å². The Morgan fingerprint density at radius 2 is 2.11 bits per heavy atom. The van der Waals surface area contributed by atoms with Gasteiger partial charge in [0, 0.05) is 13.1 Å². The normalized spacial score (nSPS) is 36.0. The van der Waals surface area contributed by atoms with E-state index in [0.29, 0.717) is 19.5 Å². The summed E-state index contributed by atoms with van der Waals surface area (Å²) < 4.78 is 0. The summed E-state index contributed by atoms with van der Waals surface area (Å²) in [6.07, 6.45) is 3.20. The largest absolute Gasteiger partial charge is 0.481 e. The highest BCUT2D eigenvalue weighted by Crippen LogP contribution is 2.34. The van der Waals surface area contributed by atoms with Crippen LogP contribution in [0.2, 0.25) is 0 Å². The van der Waals surface area contributed by atoms with Crippen LogP contribution in [-0.4, -0.2) is 47.1 Å². The number of carbonyl (C=O) groups excluding carboxylic acids is 1. The van der Waals surface area contributed by atoms with E-state index in [1.807, 2.05) is 6.92 Å². The second-order valence-electron chi connectivity index (χ2n) is 5.81. The predicted molar refractivity (Wildman–Crippen MR) is 67.2 cm³/mol. The molecular formula is C13H22N2O3. The number of likely N-dealkylation sites (tertiary alicyclic amines) is 1. The Hall–Kier alpha value is -1.10. The van der Waals surface area contributed by atoms with Gasteiger partial charge in [-0.3, -0.25) is 9.59 Å². The molecule has 5 heteroatoms. The molecule has 0 radical (unpaired) electrons. The van der Waals surface area contributed by atoms with Crippen LogP contribution in [0.3, 0.4) is 0 Å². The van der Waals surface area contributed by atoms with Gasteiger partial charge in [-0.2, -0.15) is 0 Å². The molecule has 0 bridgehead atoms. The van der Waals surface area contributed by atoms with Crippen LogP contribution in [0.1, 0.15) is 39.5 Å². The summed E-state index contributed by atoms with van der Waals surface area (Å²) >= 11 is 0. The minimum Gasteiger partial charge on any atom is -0.481 e. The molecule has 5 nitrogen and oxygen atoms in total. The van der Waals surface area contributed by atoms with Crippen molar-refractivity contribution in [3.8, 4) is 0 Å². The Bertz CT molecular complexity index is 363. The maximum absolute atomic E-state index is 12.6. The van der Waals surface area contributed by atoms with Gasteiger partial charge in [0.15, 0.2) is 0 Å². The lowest BCUT2D eigenvalue weighted by Crippen LogP contribution is -2.54. The van der Waals surface area contributed by atoms with Crippen molar-refractivity contribution < 1.29 is 14.7 Å². The first-order valence-corrected chi connectivity index (χ1v) is 6.71. The smallest absolute Gasteiger partial charge is 0.311 e. The van der Waals surface area contributed by atoms with Gasteiger partial charge < -0.3 is 15.3 Å². The molecule has 2 rings (SSSR count). The summed E-state index contributed by atoms with van der Waals surface area (Å²) in [5.74, 6) is -0.713. The van der Waals surface area contributed by atoms with Gasteiger partial charge in [-0.1, -0.05) is 6.92 Å². The average Bonchev–Trinajstić information content (AvgIpc) is 2.96. The second kappa shape index (κ2) is 4.53. The van der Waals surface area contributed by atoms with E-state index < -0.39 is 16.9 Å². The molecule has 0 saturated carbocycles. The predicted octanol–water partition coefficient (Wildman–Crippen LogP) is 0.842. The molecule has 0 aromatic carbocycles. The monoisotopic (exact) mass is 254 g/mol. The van der Waals surface area contributed by atoms with E-state index in [1.54, 1.807) is 11.8 Å². The van der Waals surface area contributed by atoms with E-state index in [1.165, 1.54) is 0 Å². The Labute approximate surface area is 108 Å². The lowest BCUT2D eigenvalue weighted by Gasteiger charge is -2.32. The average molecular weight is 254 g/mol. The summed E-state index contributed by atoms with van der Waals surface area (Å²) in [6, 6.07) is 0. The van der Waals surface area contributed by atoms with Gasteiger partial charge in [0.2, 0.25) is 5.91 Å². The van der Waals surface area contributed by atoms with Gasteiger partial charge in [-0.25, -0.2) is 0 Å². The lowest BCUT2D eigenvalue weighted by molar-refractivity contribution is -0.147. The molecule has 2 fully saturated rings. The first kappa shape index (κ1) is 13.3. The second-order valence-corrected chi connectivity index (χ2v) is 5.81. The van der Waals surface area contributed by atoms with E-state index in [2.05, 4.69) is 5.32 Å². The van der Waals surface area contributed by atoms with E-state index in [9.17, 15) is 14.7 Å². The molecule has 2 heterocycles. The molecule has 102 valence electrons. The first-order valence-electron chi connectivity index (χ1n) is 6.71. The summed E-state index contributed by atoms with van der Waals surface area (Å²) in [4.78, 5) is 25.5. The van der Waals surface area contributed by atoms with Gasteiger partial charge in [0.05, 0.1) is 11.0 Å². The van der Waals surface area contributed by atoms with Crippen LogP contribution in [0.15, 0.2) is 0 Å². The Morgan fingerprint density at radius 3 is 2.56 bits per heavy atom. The number of aliphatic carboxylic acids is 1. The van der Waals surface area contributed by atoms with Crippen LogP contribution < -0.4 is 5.32 Å². The number of carbonyl (C=O) groups is 2. The molecule has 2 N–H and O–H groups in total. The molecule has 2 aliphatic heterocycles. The highest BCUT2D eigenvalue weighted by Gasteiger charge is 2.48. The maximum Gasteiger partial charge on any atom is 0.311 e. The third-order valence-electron chi connectivity index (χ3n) is 4.53. The van der Waals surface area contributed by atoms with Gasteiger partial charge in [0.25, 0.3) is 0 Å². The van der Waals surface area contributed by atoms with Crippen LogP contribution in [0.4, 0.5) is 0 Å². The fourth-order valence-electron chi connectivity index (χ4n) is 3.05. The summed E-state index contributed by atoms with van der Waals surface area (Å²) in [6.45, 7) is 5.52. The zero-order valence-corrected chi connectivity index (χ0v) is 11.2. The molecule has 0 spiro atoms. The number of hydrogen-bond donors (Lipinski definition) is 2. The number of nitrogens with zero attached hydrogens (tertiary/aromatic N) is 1. The quantitative estimate of drug-likeness (QED) is 0.783. The molecule has 2 unspecified atom stereocenters. The van der Waals surface area contributed by atoms with E-state index in [4.69, 9.17) is 0 Å². The fourth-order valence-corrected chi connectivity index (χ4v) is 3.05. The highest BCUT2D eigenvalue weighted by atomic mass is 16.4. The molecule has 2 aliphatic rings. The molecule has 2 atom stereocenters. The molecule has 1 amide bonds. The number of carboxylic acid groups (broad SMARTS) is 1. The van der Waals surface area contributed by atoms with Crippen molar-refractivity contribution >= 4 is 11.9 Å². The van der Waals surface area contributed by atoms with Gasteiger partial charge >= 0.3 is 5.97 Å². The minimum absolute atomic E-state index is 0.0903. The SMILES string of the molecule is CCC1(C(=O)N2CCC(C)(C(=O)O)C2)CCCN1. The van der Waals surface area contributed by atoms with Crippen molar-refractivity contribution in [2.45, 2.75) is 45.1 Å². The van der Waals surface area contributed by atoms with Gasteiger partial charge in [-0.05, 0) is 39.2 Å². The van der Waals surface area contributed by atoms with E-state index in [-0.39, 0.29) is 5.91 Å². The van der Waals surface area contributed by atoms with E-state index in [0.717, 1.165) is 25.8 Å². The van der Waals surface area contributed by atoms with Crippen molar-refractivity contribution in [1.29, 1.82) is 0 Å². The van der Waals surface area contributed by atoms with Crippen LogP contribution in [0.5, 0.6) is 0 Å². The van der Waals surface area contributed by atoms with Crippen molar-refractivity contribution in [2.24, 2.45) is 5.41 Å². The van der Waals surface area contributed by atoms with Gasteiger partial charge in [0.1, 0.15) is 0 Å². The lowest BCUT2D eigenvalue weighted by atomic mass is 9.89. The molecule has 18 heavy (non-hydrogen) atoms. The Morgan fingerprint density at radius 1 is 1.39 bits per heavy atom. The third kappa shape index (κ3) is 2.00. The zero-order chi connectivity index (χ0) is 13.4. The Balaban J connectivity index is 2.10. The molecule has 0 aromatic heterocycles. The Kier molecular flexibility index (Phi) is 3.36. The zero-order valence-electron chi connectivity index (χ0n) is 11.2. The van der Waals surface area contributed by atoms with Crippen LogP contribution in [0, 0.1) is 5.41 Å². The molecular weight excluding hydrogens is 232 g/mol. The van der Waals surface area contributed by atoms with Crippen LogP contribution >= 0.6 is 0 Å². The van der Waals surface area contributed by atoms with Crippen LogP contribution in [-0.2, 0) is 9.59 Å². The van der Waals surface area contributed by atoms with Crippen molar-refractivity contribution in [3.63, 3.8) is 0 Å². The number of amides is 1. The minimum atomic E-state index is -0.803. The van der Waals surface area contributed by atoms with Gasteiger partial charge in [-0.15, -0.1) is 0 Å². The summed E-state index contributed by atoms with van der Waals surface area (Å²) in [5.41, 5.74) is -1.22. The highest BCUT2D eigenvalue weighted by molar-refractivity contribution is 5.88. The molecule has 0 aromatic rings.